The predicted octanol–water partition coefficient (Wildman–Crippen LogP) is 15.4. The molecule has 0 saturated heterocycles. The topological polar surface area (TPSA) is 13.1 Å². The van der Waals surface area contributed by atoms with Crippen molar-refractivity contribution in [2.75, 3.05) is 0 Å². The van der Waals surface area contributed by atoms with Crippen molar-refractivity contribution in [1.82, 2.24) is 0 Å². The molecule has 9 aromatic carbocycles. The second kappa shape index (κ2) is 12.9. The molecule has 0 spiro atoms. The molecule has 10 aromatic rings. The maximum Gasteiger partial charge on any atom is 0.136 e. The van der Waals surface area contributed by atoms with E-state index < -0.39 is 0 Å². The quantitative estimate of drug-likeness (QED) is 0.159. The van der Waals surface area contributed by atoms with Crippen molar-refractivity contribution >= 4 is 66.4 Å². The van der Waals surface area contributed by atoms with Gasteiger partial charge in [-0.25, -0.2) is 0 Å². The number of hydrogen-bond acceptors (Lipinski definition) is 1. The minimum atomic E-state index is 0.888. The van der Waals surface area contributed by atoms with E-state index in [1.54, 1.807) is 0 Å². The molecule has 0 fully saturated rings. The van der Waals surface area contributed by atoms with E-state index in [-0.39, 0.29) is 0 Å². The zero-order chi connectivity index (χ0) is 36.2. The van der Waals surface area contributed by atoms with Crippen molar-refractivity contribution in [2.45, 2.75) is 6.92 Å². The van der Waals surface area contributed by atoms with Crippen molar-refractivity contribution in [3.63, 3.8) is 0 Å². The summed E-state index contributed by atoms with van der Waals surface area (Å²) in [5.74, 6) is 0. The summed E-state index contributed by atoms with van der Waals surface area (Å²) in [6.07, 6.45) is 6.06. The van der Waals surface area contributed by atoms with Gasteiger partial charge in [0.05, 0.1) is 0 Å². The van der Waals surface area contributed by atoms with E-state index >= 15 is 0 Å². The van der Waals surface area contributed by atoms with Gasteiger partial charge in [-0.1, -0.05) is 158 Å². The fourth-order valence-corrected chi connectivity index (χ4v) is 8.34. The summed E-state index contributed by atoms with van der Waals surface area (Å²) in [5, 5.41) is 9.72. The Balaban J connectivity index is 1.08. The number of furan rings is 1. The molecule has 0 aliphatic heterocycles. The Labute approximate surface area is 314 Å². The molecule has 1 heterocycles. The smallest absolute Gasteiger partial charge is 0.136 e. The Bertz CT molecular complexity index is 3060. The summed E-state index contributed by atoms with van der Waals surface area (Å²) in [7, 11) is 0. The lowest BCUT2D eigenvalue weighted by Gasteiger charge is -2.18. The van der Waals surface area contributed by atoms with Crippen molar-refractivity contribution in [2.24, 2.45) is 0 Å². The van der Waals surface area contributed by atoms with Crippen molar-refractivity contribution in [1.29, 1.82) is 0 Å². The first-order chi connectivity index (χ1) is 26.7. The monoisotopic (exact) mass is 688 g/mol. The molecule has 1 aromatic heterocycles. The van der Waals surface area contributed by atoms with Gasteiger partial charge >= 0.3 is 0 Å². The van der Waals surface area contributed by atoms with Gasteiger partial charge in [-0.15, -0.1) is 0 Å². The molecule has 0 amide bonds. The summed E-state index contributed by atoms with van der Waals surface area (Å²) in [5.41, 5.74) is 13.7. The van der Waals surface area contributed by atoms with Crippen LogP contribution in [0.1, 0.15) is 18.1 Å². The fourth-order valence-electron chi connectivity index (χ4n) is 8.34. The Kier molecular flexibility index (Phi) is 7.59. The summed E-state index contributed by atoms with van der Waals surface area (Å²) in [6, 6.07) is 62.0. The van der Waals surface area contributed by atoms with Crippen LogP contribution in [0.15, 0.2) is 187 Å². The van der Waals surface area contributed by atoms with Gasteiger partial charge in [0.15, 0.2) is 0 Å². The van der Waals surface area contributed by atoms with Gasteiger partial charge in [0.1, 0.15) is 11.2 Å². The highest BCUT2D eigenvalue weighted by Gasteiger charge is 2.18. The van der Waals surface area contributed by atoms with Gasteiger partial charge in [-0.2, -0.15) is 0 Å². The van der Waals surface area contributed by atoms with Crippen LogP contribution in [0.2, 0.25) is 0 Å². The van der Waals surface area contributed by atoms with Crippen molar-refractivity contribution in [3.8, 4) is 44.5 Å². The molecule has 0 unspecified atom stereocenters. The average Bonchev–Trinajstić information content (AvgIpc) is 3.59. The first-order valence-corrected chi connectivity index (χ1v) is 18.6. The largest absolute Gasteiger partial charge is 0.456 e. The van der Waals surface area contributed by atoms with Gasteiger partial charge in [-0.3, -0.25) is 0 Å². The minimum absolute atomic E-state index is 0.888. The molecule has 10 rings (SSSR count). The molecule has 0 aliphatic rings. The van der Waals surface area contributed by atoms with Crippen LogP contribution < -0.4 is 0 Å². The fraction of sp³-hybridized carbons (Fsp3) is 0.0189. The van der Waals surface area contributed by atoms with E-state index in [0.29, 0.717) is 0 Å². The van der Waals surface area contributed by atoms with E-state index in [1.165, 1.54) is 71.3 Å². The van der Waals surface area contributed by atoms with Crippen LogP contribution in [0, 0.1) is 0 Å². The van der Waals surface area contributed by atoms with Crippen molar-refractivity contribution in [3.05, 3.63) is 194 Å². The van der Waals surface area contributed by atoms with Crippen LogP contribution in [0.25, 0.3) is 111 Å². The molecular weight excluding hydrogens is 653 g/mol. The van der Waals surface area contributed by atoms with Gasteiger partial charge in [0.2, 0.25) is 0 Å². The van der Waals surface area contributed by atoms with E-state index in [2.05, 4.69) is 183 Å². The molecule has 0 saturated carbocycles. The third kappa shape index (κ3) is 5.25. The lowest BCUT2D eigenvalue weighted by molar-refractivity contribution is 0.669. The molecule has 0 atom stereocenters. The van der Waals surface area contributed by atoms with Gasteiger partial charge in [0, 0.05) is 10.8 Å². The third-order valence-corrected chi connectivity index (χ3v) is 10.9. The number of rotatable bonds is 6. The Morgan fingerprint density at radius 3 is 1.65 bits per heavy atom. The number of benzene rings is 9. The predicted molar refractivity (Wildman–Crippen MR) is 233 cm³/mol. The maximum absolute atomic E-state index is 6.31. The molecule has 1 nitrogen and oxygen atoms in total. The Morgan fingerprint density at radius 2 is 0.944 bits per heavy atom. The molecule has 1 heteroatoms. The average molecular weight is 689 g/mol. The van der Waals surface area contributed by atoms with Crippen LogP contribution in [0.3, 0.4) is 0 Å². The van der Waals surface area contributed by atoms with Gasteiger partial charge in [-0.05, 0) is 131 Å². The standard InChI is InChI=1S/C53H36O/c1-3-12-38-33-51-49(31-34(38)4-2)48-32-42(27-28-50(48)54-51)36-21-24-37(25-22-36)52-44-17-7-9-19-46(44)53(47-20-10-8-18-45(47)52)43-16-11-15-40(30-43)41-26-23-35-13-5-6-14-39(35)29-41/h3-33H,2H2,1H3/b12-3-. The second-order valence-electron chi connectivity index (χ2n) is 14.1. The van der Waals surface area contributed by atoms with E-state index in [1.807, 2.05) is 19.1 Å². The van der Waals surface area contributed by atoms with Gasteiger partial charge in [0.25, 0.3) is 0 Å². The molecule has 0 N–H and O–H groups in total. The second-order valence-corrected chi connectivity index (χ2v) is 14.1. The third-order valence-electron chi connectivity index (χ3n) is 10.9. The molecule has 0 radical (unpaired) electrons. The lowest BCUT2D eigenvalue weighted by atomic mass is 9.85. The zero-order valence-corrected chi connectivity index (χ0v) is 30.0. The van der Waals surface area contributed by atoms with Crippen LogP contribution >= 0.6 is 0 Å². The van der Waals surface area contributed by atoms with Crippen LogP contribution in [0.5, 0.6) is 0 Å². The summed E-state index contributed by atoms with van der Waals surface area (Å²) >= 11 is 0. The summed E-state index contributed by atoms with van der Waals surface area (Å²) in [4.78, 5) is 0. The SMILES string of the molecule is C=Cc1cc2c(cc1/C=C\C)oc1ccc(-c3ccc(-c4c5ccccc5c(-c5cccc(-c6ccc7ccccc7c6)c5)c5ccccc45)cc3)cc12. The summed E-state index contributed by atoms with van der Waals surface area (Å²) in [6.45, 7) is 6.09. The molecule has 0 bridgehead atoms. The van der Waals surface area contributed by atoms with Gasteiger partial charge < -0.3 is 4.42 Å². The molecular formula is C53H36O. The zero-order valence-electron chi connectivity index (χ0n) is 30.0. The molecule has 54 heavy (non-hydrogen) atoms. The highest BCUT2D eigenvalue weighted by molar-refractivity contribution is 6.21. The van der Waals surface area contributed by atoms with Crippen LogP contribution in [-0.4, -0.2) is 0 Å². The first-order valence-electron chi connectivity index (χ1n) is 18.6. The van der Waals surface area contributed by atoms with E-state index in [9.17, 15) is 0 Å². The van der Waals surface area contributed by atoms with Crippen molar-refractivity contribution < 1.29 is 4.42 Å². The normalized spacial score (nSPS) is 11.8. The number of fused-ring (bicyclic) bond motifs is 6. The summed E-state index contributed by atoms with van der Waals surface area (Å²) < 4.78 is 6.31. The molecule has 254 valence electrons. The first kappa shape index (κ1) is 31.7. The highest BCUT2D eigenvalue weighted by atomic mass is 16.3. The Hall–Kier alpha value is -6.96. The number of hydrogen-bond donors (Lipinski definition) is 0. The van der Waals surface area contributed by atoms with E-state index in [4.69, 9.17) is 4.42 Å². The maximum atomic E-state index is 6.31. The minimum Gasteiger partial charge on any atom is -0.456 e. The molecule has 0 aliphatic carbocycles. The lowest BCUT2D eigenvalue weighted by Crippen LogP contribution is -1.91. The number of allylic oxidation sites excluding steroid dienone is 1. The van der Waals surface area contributed by atoms with Crippen LogP contribution in [0.4, 0.5) is 0 Å². The van der Waals surface area contributed by atoms with E-state index in [0.717, 1.165) is 38.6 Å². The highest BCUT2D eigenvalue weighted by Crippen LogP contribution is 2.45. The van der Waals surface area contributed by atoms with Crippen LogP contribution in [-0.2, 0) is 0 Å². The Morgan fingerprint density at radius 1 is 0.389 bits per heavy atom.